The lowest BCUT2D eigenvalue weighted by Gasteiger charge is -2.27. The zero-order valence-corrected chi connectivity index (χ0v) is 21.0. The molecule has 1 aliphatic rings. The SMILES string of the molecule is Cc1nc(-c2sc(Cl)cc2COc2ncc(C(C)C)cn2)ccc1OC1CCCC(C(=O)O)C1. The van der Waals surface area contributed by atoms with Gasteiger partial charge in [-0.25, -0.2) is 15.0 Å². The maximum absolute atomic E-state index is 11.3. The molecular weight excluding hydrogens is 474 g/mol. The number of hydrogen-bond acceptors (Lipinski definition) is 7. The summed E-state index contributed by atoms with van der Waals surface area (Å²) < 4.78 is 12.6. The molecule has 1 N–H and O–H groups in total. The highest BCUT2D eigenvalue weighted by Gasteiger charge is 2.28. The molecule has 0 amide bonds. The van der Waals surface area contributed by atoms with E-state index < -0.39 is 5.97 Å². The molecule has 34 heavy (non-hydrogen) atoms. The predicted octanol–water partition coefficient (Wildman–Crippen LogP) is 6.29. The molecule has 0 aliphatic heterocycles. The number of nitrogens with zero attached hydrogens (tertiary/aromatic N) is 3. The van der Waals surface area contributed by atoms with Crippen molar-refractivity contribution in [2.75, 3.05) is 0 Å². The Bertz CT molecular complexity index is 1150. The van der Waals surface area contributed by atoms with Crippen molar-refractivity contribution in [3.8, 4) is 22.3 Å². The summed E-state index contributed by atoms with van der Waals surface area (Å²) in [5.74, 6) is -0.0510. The van der Waals surface area contributed by atoms with Crippen LogP contribution < -0.4 is 9.47 Å². The number of aliphatic carboxylic acids is 1. The number of halogens is 1. The van der Waals surface area contributed by atoms with E-state index in [-0.39, 0.29) is 18.6 Å². The molecule has 0 aromatic carbocycles. The maximum atomic E-state index is 11.3. The zero-order valence-electron chi connectivity index (χ0n) is 19.5. The molecule has 1 aliphatic carbocycles. The van der Waals surface area contributed by atoms with Crippen molar-refractivity contribution in [1.82, 2.24) is 15.0 Å². The van der Waals surface area contributed by atoms with Crippen LogP contribution in [-0.2, 0) is 11.4 Å². The van der Waals surface area contributed by atoms with Crippen LogP contribution in [0.5, 0.6) is 11.8 Å². The average molecular weight is 502 g/mol. The van der Waals surface area contributed by atoms with Crippen molar-refractivity contribution < 1.29 is 19.4 Å². The van der Waals surface area contributed by atoms with Gasteiger partial charge in [0.15, 0.2) is 0 Å². The van der Waals surface area contributed by atoms with Gasteiger partial charge in [-0.05, 0) is 62.3 Å². The summed E-state index contributed by atoms with van der Waals surface area (Å²) in [6.45, 7) is 6.35. The standard InChI is InChI=1S/C25H28ClN3O4S/c1-14(2)18-11-27-25(28-12-18)32-13-17-10-22(26)34-23(17)20-7-8-21(15(3)29-20)33-19-6-4-5-16(9-19)24(30)31/h7-8,10-12,14,16,19H,4-6,9,13H2,1-3H3,(H,30,31). The van der Waals surface area contributed by atoms with Crippen molar-refractivity contribution in [3.05, 3.63) is 51.7 Å². The molecule has 2 unspecified atom stereocenters. The highest BCUT2D eigenvalue weighted by molar-refractivity contribution is 7.19. The van der Waals surface area contributed by atoms with Crippen LogP contribution in [0, 0.1) is 12.8 Å². The van der Waals surface area contributed by atoms with E-state index in [1.807, 2.05) is 25.1 Å². The van der Waals surface area contributed by atoms with Crippen LogP contribution in [0.3, 0.4) is 0 Å². The van der Waals surface area contributed by atoms with E-state index in [2.05, 4.69) is 23.8 Å². The average Bonchev–Trinajstić information content (AvgIpc) is 3.20. The second-order valence-electron chi connectivity index (χ2n) is 8.87. The number of carbonyl (C=O) groups is 1. The van der Waals surface area contributed by atoms with Crippen molar-refractivity contribution in [2.45, 2.75) is 65.1 Å². The summed E-state index contributed by atoms with van der Waals surface area (Å²) in [5, 5.41) is 9.32. The predicted molar refractivity (Wildman–Crippen MR) is 132 cm³/mol. The summed E-state index contributed by atoms with van der Waals surface area (Å²) in [6.07, 6.45) is 6.40. The summed E-state index contributed by atoms with van der Waals surface area (Å²) in [5.41, 5.74) is 3.49. The number of thiophene rings is 1. The molecule has 3 aromatic heterocycles. The lowest BCUT2D eigenvalue weighted by molar-refractivity contribution is -0.143. The highest BCUT2D eigenvalue weighted by atomic mass is 35.5. The Hall–Kier alpha value is -2.71. The van der Waals surface area contributed by atoms with E-state index in [1.165, 1.54) is 11.3 Å². The van der Waals surface area contributed by atoms with Crippen LogP contribution in [0.25, 0.3) is 10.6 Å². The third-order valence-corrected chi connectivity index (χ3v) is 7.32. The Balaban J connectivity index is 1.46. The molecule has 0 bridgehead atoms. The summed E-state index contributed by atoms with van der Waals surface area (Å²) >= 11 is 7.76. The van der Waals surface area contributed by atoms with Crippen molar-refractivity contribution in [1.29, 1.82) is 0 Å². The van der Waals surface area contributed by atoms with E-state index >= 15 is 0 Å². The Labute approximate surface area is 208 Å². The number of hydrogen-bond donors (Lipinski definition) is 1. The number of carboxylic acid groups (broad SMARTS) is 1. The van der Waals surface area contributed by atoms with Crippen LogP contribution in [0.4, 0.5) is 0 Å². The number of rotatable bonds is 8. The second-order valence-corrected chi connectivity index (χ2v) is 10.6. The molecule has 7 nitrogen and oxygen atoms in total. The lowest BCUT2D eigenvalue weighted by atomic mass is 9.87. The Morgan fingerprint density at radius 1 is 1.26 bits per heavy atom. The molecule has 9 heteroatoms. The summed E-state index contributed by atoms with van der Waals surface area (Å²) in [4.78, 5) is 25.6. The molecule has 4 rings (SSSR count). The first kappa shape index (κ1) is 24.4. The zero-order chi connectivity index (χ0) is 24.2. The summed E-state index contributed by atoms with van der Waals surface area (Å²) in [7, 11) is 0. The fraction of sp³-hybridized carbons (Fsp3) is 0.440. The molecule has 2 atom stereocenters. The molecule has 1 fully saturated rings. The summed E-state index contributed by atoms with van der Waals surface area (Å²) in [6, 6.07) is 5.99. The molecular formula is C25H28ClN3O4S. The largest absolute Gasteiger partial charge is 0.489 e. The van der Waals surface area contributed by atoms with Crippen molar-refractivity contribution in [3.63, 3.8) is 0 Å². The van der Waals surface area contributed by atoms with E-state index in [9.17, 15) is 9.90 Å². The molecule has 3 heterocycles. The number of carboxylic acids is 1. The van der Waals surface area contributed by atoms with Crippen LogP contribution in [0.1, 0.15) is 62.3 Å². The van der Waals surface area contributed by atoms with Gasteiger partial charge in [0.25, 0.3) is 0 Å². The molecule has 3 aromatic rings. The van der Waals surface area contributed by atoms with Gasteiger partial charge in [-0.2, -0.15) is 0 Å². The van der Waals surface area contributed by atoms with E-state index in [1.54, 1.807) is 12.4 Å². The van der Waals surface area contributed by atoms with Gasteiger partial charge in [0.2, 0.25) is 0 Å². The van der Waals surface area contributed by atoms with Gasteiger partial charge in [-0.1, -0.05) is 25.4 Å². The first-order valence-electron chi connectivity index (χ1n) is 11.4. The highest BCUT2D eigenvalue weighted by Crippen LogP contribution is 2.37. The normalized spacial score (nSPS) is 18.1. The van der Waals surface area contributed by atoms with Crippen LogP contribution in [-0.4, -0.2) is 32.1 Å². The van der Waals surface area contributed by atoms with Gasteiger partial charge in [-0.15, -0.1) is 11.3 Å². The van der Waals surface area contributed by atoms with E-state index in [0.717, 1.165) is 40.2 Å². The first-order chi connectivity index (χ1) is 16.3. The third kappa shape index (κ3) is 5.85. The Kier molecular flexibility index (Phi) is 7.68. The van der Waals surface area contributed by atoms with Gasteiger partial charge in [-0.3, -0.25) is 4.79 Å². The monoisotopic (exact) mass is 501 g/mol. The smallest absolute Gasteiger partial charge is 0.316 e. The quantitative estimate of drug-likeness (QED) is 0.387. The van der Waals surface area contributed by atoms with Gasteiger partial charge in [0.1, 0.15) is 12.4 Å². The number of aryl methyl sites for hydroxylation is 1. The third-order valence-electron chi connectivity index (χ3n) is 5.99. The lowest BCUT2D eigenvalue weighted by Crippen LogP contribution is -2.29. The Morgan fingerprint density at radius 3 is 2.71 bits per heavy atom. The number of aromatic nitrogens is 3. The second kappa shape index (κ2) is 10.7. The minimum absolute atomic E-state index is 0.108. The van der Waals surface area contributed by atoms with Gasteiger partial charge in [0.05, 0.1) is 32.6 Å². The minimum atomic E-state index is -0.746. The van der Waals surface area contributed by atoms with Crippen LogP contribution in [0.15, 0.2) is 30.6 Å². The molecule has 180 valence electrons. The fourth-order valence-corrected chi connectivity index (χ4v) is 5.24. The van der Waals surface area contributed by atoms with Crippen LogP contribution in [0.2, 0.25) is 4.34 Å². The van der Waals surface area contributed by atoms with Crippen molar-refractivity contribution in [2.24, 2.45) is 5.92 Å². The van der Waals surface area contributed by atoms with E-state index in [4.69, 9.17) is 26.1 Å². The van der Waals surface area contributed by atoms with Gasteiger partial charge >= 0.3 is 12.0 Å². The van der Waals surface area contributed by atoms with Gasteiger partial charge < -0.3 is 14.6 Å². The fourth-order valence-electron chi connectivity index (χ4n) is 4.02. The van der Waals surface area contributed by atoms with Gasteiger partial charge in [0, 0.05) is 18.0 Å². The minimum Gasteiger partial charge on any atom is -0.489 e. The maximum Gasteiger partial charge on any atom is 0.316 e. The van der Waals surface area contributed by atoms with Crippen LogP contribution >= 0.6 is 22.9 Å². The number of ether oxygens (including phenoxy) is 2. The topological polar surface area (TPSA) is 94.4 Å². The molecule has 1 saturated carbocycles. The van der Waals surface area contributed by atoms with E-state index in [0.29, 0.717) is 34.9 Å². The molecule has 0 spiro atoms. The Morgan fingerprint density at radius 2 is 2.03 bits per heavy atom. The number of pyridine rings is 1. The van der Waals surface area contributed by atoms with Crippen molar-refractivity contribution >= 4 is 28.9 Å². The first-order valence-corrected chi connectivity index (χ1v) is 12.6. The molecule has 0 radical (unpaired) electrons. The molecule has 0 saturated heterocycles.